The summed E-state index contributed by atoms with van der Waals surface area (Å²) in [4.78, 5) is 12.2. The van der Waals surface area contributed by atoms with Crippen LogP contribution < -0.4 is 20.1 Å². The van der Waals surface area contributed by atoms with Crippen molar-refractivity contribution in [1.29, 1.82) is 0 Å². The van der Waals surface area contributed by atoms with E-state index in [1.165, 1.54) is 0 Å². The van der Waals surface area contributed by atoms with E-state index < -0.39 is 0 Å². The van der Waals surface area contributed by atoms with Crippen LogP contribution in [0, 0.1) is 0 Å². The number of carbonyl (C=O) groups is 1. The molecule has 0 atom stereocenters. The van der Waals surface area contributed by atoms with Crippen LogP contribution >= 0.6 is 11.6 Å². The summed E-state index contributed by atoms with van der Waals surface area (Å²) in [5, 5.41) is 6.23. The largest absolute Gasteiger partial charge is 0.493 e. The predicted octanol–water partition coefficient (Wildman–Crippen LogP) is 4.21. The minimum absolute atomic E-state index is 0.0443. The van der Waals surface area contributed by atoms with E-state index in [1.54, 1.807) is 26.4 Å². The van der Waals surface area contributed by atoms with Gasteiger partial charge in [0.05, 0.1) is 24.9 Å². The van der Waals surface area contributed by atoms with Crippen molar-refractivity contribution in [3.63, 3.8) is 0 Å². The number of anilines is 1. The first-order valence-corrected chi connectivity index (χ1v) is 8.48. The lowest BCUT2D eigenvalue weighted by atomic mass is 9.95. The Balaban J connectivity index is 1.65. The van der Waals surface area contributed by atoms with Crippen molar-refractivity contribution in [2.45, 2.75) is 18.3 Å². The summed E-state index contributed by atoms with van der Waals surface area (Å²) < 4.78 is 10.7. The molecule has 1 aliphatic carbocycles. The smallest absolute Gasteiger partial charge is 0.319 e. The summed E-state index contributed by atoms with van der Waals surface area (Å²) in [5.74, 6) is 1.40. The molecule has 5 nitrogen and oxygen atoms in total. The number of ether oxygens (including phenoxy) is 2. The van der Waals surface area contributed by atoms with Crippen LogP contribution in [0.4, 0.5) is 10.5 Å². The molecule has 132 valence electrons. The topological polar surface area (TPSA) is 59.6 Å². The summed E-state index contributed by atoms with van der Waals surface area (Å²) in [5.41, 5.74) is 1.69. The molecule has 2 amide bonds. The molecule has 25 heavy (non-hydrogen) atoms. The molecule has 0 heterocycles. The van der Waals surface area contributed by atoms with E-state index in [4.69, 9.17) is 21.1 Å². The SMILES string of the molecule is COc1ccc(C2(CNC(=O)Nc3ccccc3Cl)CC2)cc1OC. The van der Waals surface area contributed by atoms with Gasteiger partial charge in [0.15, 0.2) is 11.5 Å². The van der Waals surface area contributed by atoms with Gasteiger partial charge < -0.3 is 20.1 Å². The third-order valence-electron chi connectivity index (χ3n) is 4.56. The number of carbonyl (C=O) groups excluding carboxylic acids is 1. The average Bonchev–Trinajstić information content (AvgIpc) is 3.42. The van der Waals surface area contributed by atoms with Crippen molar-refractivity contribution < 1.29 is 14.3 Å². The van der Waals surface area contributed by atoms with Gasteiger partial charge >= 0.3 is 6.03 Å². The molecule has 3 rings (SSSR count). The highest BCUT2D eigenvalue weighted by Crippen LogP contribution is 2.49. The Hall–Kier alpha value is -2.40. The fourth-order valence-corrected chi connectivity index (χ4v) is 3.05. The average molecular weight is 361 g/mol. The molecule has 0 spiro atoms. The standard InChI is InChI=1S/C19H21ClN2O3/c1-24-16-8-7-13(11-17(16)25-2)19(9-10-19)12-21-18(23)22-15-6-4-3-5-14(15)20/h3-8,11H,9-10,12H2,1-2H3,(H2,21,22,23). The summed E-state index contributed by atoms with van der Waals surface area (Å²) in [6, 6.07) is 12.8. The maximum Gasteiger partial charge on any atom is 0.319 e. The van der Waals surface area contributed by atoms with Gasteiger partial charge in [0.2, 0.25) is 0 Å². The molecule has 6 heteroatoms. The van der Waals surface area contributed by atoms with Crippen LogP contribution in [-0.4, -0.2) is 26.8 Å². The molecular weight excluding hydrogens is 340 g/mol. The molecule has 0 unspecified atom stereocenters. The molecule has 0 aliphatic heterocycles. The van der Waals surface area contributed by atoms with Gasteiger partial charge in [0.25, 0.3) is 0 Å². The minimum atomic E-state index is -0.264. The van der Waals surface area contributed by atoms with Crippen molar-refractivity contribution in [3.05, 3.63) is 53.1 Å². The Labute approximate surface area is 152 Å². The number of rotatable bonds is 6. The van der Waals surface area contributed by atoms with Gasteiger partial charge in [-0.1, -0.05) is 29.8 Å². The van der Waals surface area contributed by atoms with Gasteiger partial charge in [-0.25, -0.2) is 4.79 Å². The Morgan fingerprint density at radius 1 is 1.12 bits per heavy atom. The number of hydrogen-bond donors (Lipinski definition) is 2. The van der Waals surface area contributed by atoms with Crippen LogP contribution in [0.25, 0.3) is 0 Å². The van der Waals surface area contributed by atoms with E-state index in [0.717, 1.165) is 18.4 Å². The second kappa shape index (κ2) is 7.23. The Bertz CT molecular complexity index is 775. The monoisotopic (exact) mass is 360 g/mol. The molecule has 0 saturated heterocycles. The zero-order valence-corrected chi connectivity index (χ0v) is 15.0. The summed E-state index contributed by atoms with van der Waals surface area (Å²) in [6.07, 6.45) is 2.05. The van der Waals surface area contributed by atoms with Crippen LogP contribution in [0.15, 0.2) is 42.5 Å². The zero-order chi connectivity index (χ0) is 17.9. The lowest BCUT2D eigenvalue weighted by molar-refractivity contribution is 0.251. The Morgan fingerprint density at radius 3 is 2.48 bits per heavy atom. The minimum Gasteiger partial charge on any atom is -0.493 e. The van der Waals surface area contributed by atoms with E-state index in [1.807, 2.05) is 30.3 Å². The van der Waals surface area contributed by atoms with E-state index in [9.17, 15) is 4.79 Å². The van der Waals surface area contributed by atoms with Crippen molar-refractivity contribution in [1.82, 2.24) is 5.32 Å². The highest BCUT2D eigenvalue weighted by atomic mass is 35.5. The first-order chi connectivity index (χ1) is 12.1. The van der Waals surface area contributed by atoms with Crippen molar-refractivity contribution >= 4 is 23.3 Å². The molecular formula is C19H21ClN2O3. The van der Waals surface area contributed by atoms with Crippen LogP contribution in [0.3, 0.4) is 0 Å². The number of benzene rings is 2. The van der Waals surface area contributed by atoms with Crippen molar-refractivity contribution in [2.24, 2.45) is 0 Å². The highest BCUT2D eigenvalue weighted by molar-refractivity contribution is 6.33. The summed E-state index contributed by atoms with van der Waals surface area (Å²) >= 11 is 6.06. The molecule has 1 saturated carbocycles. The lowest BCUT2D eigenvalue weighted by Crippen LogP contribution is -2.35. The number of amides is 2. The van der Waals surface area contributed by atoms with Gasteiger partial charge in [-0.15, -0.1) is 0 Å². The summed E-state index contributed by atoms with van der Waals surface area (Å²) in [7, 11) is 3.24. The predicted molar refractivity (Wildman–Crippen MR) is 98.9 cm³/mol. The second-order valence-corrected chi connectivity index (χ2v) is 6.54. The fraction of sp³-hybridized carbons (Fsp3) is 0.316. The number of halogens is 1. The molecule has 2 aromatic carbocycles. The summed E-state index contributed by atoms with van der Waals surface area (Å²) in [6.45, 7) is 0.554. The van der Waals surface area contributed by atoms with E-state index in [2.05, 4.69) is 10.6 Å². The molecule has 2 aromatic rings. The van der Waals surface area contributed by atoms with Gasteiger partial charge in [0, 0.05) is 12.0 Å². The van der Waals surface area contributed by atoms with Crippen LogP contribution in [0.2, 0.25) is 5.02 Å². The van der Waals surface area contributed by atoms with Gasteiger partial charge in [-0.05, 0) is 42.7 Å². The van der Waals surface area contributed by atoms with Gasteiger partial charge in [-0.3, -0.25) is 0 Å². The highest BCUT2D eigenvalue weighted by Gasteiger charge is 2.44. The fourth-order valence-electron chi connectivity index (χ4n) is 2.86. The molecule has 0 bridgehead atoms. The molecule has 2 N–H and O–H groups in total. The number of urea groups is 1. The number of para-hydroxylation sites is 1. The second-order valence-electron chi connectivity index (χ2n) is 6.14. The quantitative estimate of drug-likeness (QED) is 0.811. The maximum absolute atomic E-state index is 12.2. The van der Waals surface area contributed by atoms with E-state index in [0.29, 0.717) is 28.8 Å². The zero-order valence-electron chi connectivity index (χ0n) is 14.3. The van der Waals surface area contributed by atoms with Crippen LogP contribution in [-0.2, 0) is 5.41 Å². The third kappa shape index (κ3) is 3.82. The van der Waals surface area contributed by atoms with E-state index >= 15 is 0 Å². The maximum atomic E-state index is 12.2. The molecule has 1 fully saturated rings. The number of methoxy groups -OCH3 is 2. The number of nitrogens with one attached hydrogen (secondary N) is 2. The van der Waals surface area contributed by atoms with Gasteiger partial charge in [0.1, 0.15) is 0 Å². The van der Waals surface area contributed by atoms with Crippen molar-refractivity contribution in [3.8, 4) is 11.5 Å². The lowest BCUT2D eigenvalue weighted by Gasteiger charge is -2.19. The van der Waals surface area contributed by atoms with Crippen LogP contribution in [0.1, 0.15) is 18.4 Å². The Kier molecular flexibility index (Phi) is 5.04. The third-order valence-corrected chi connectivity index (χ3v) is 4.89. The van der Waals surface area contributed by atoms with E-state index in [-0.39, 0.29) is 11.4 Å². The van der Waals surface area contributed by atoms with Crippen molar-refractivity contribution in [2.75, 3.05) is 26.1 Å². The molecule has 1 aliphatic rings. The molecule has 0 aromatic heterocycles. The van der Waals surface area contributed by atoms with Gasteiger partial charge in [-0.2, -0.15) is 0 Å². The molecule has 0 radical (unpaired) electrons. The first kappa shape index (κ1) is 17.4. The Morgan fingerprint density at radius 2 is 1.84 bits per heavy atom. The first-order valence-electron chi connectivity index (χ1n) is 8.10. The normalized spacial score (nSPS) is 14.5. The van der Waals surface area contributed by atoms with Crippen LogP contribution in [0.5, 0.6) is 11.5 Å². The number of hydrogen-bond acceptors (Lipinski definition) is 3.